The van der Waals surface area contributed by atoms with E-state index in [1.807, 2.05) is 12.1 Å². The molecule has 0 atom stereocenters. The van der Waals surface area contributed by atoms with Crippen LogP contribution in [-0.4, -0.2) is 12.9 Å². The van der Waals surface area contributed by atoms with Crippen LogP contribution in [0.4, 0.5) is 0 Å². The highest BCUT2D eigenvalue weighted by Crippen LogP contribution is 2.15. The summed E-state index contributed by atoms with van der Waals surface area (Å²) < 4.78 is 8.05. The first-order valence-electron chi connectivity index (χ1n) is 6.42. The molecule has 0 aliphatic heterocycles. The van der Waals surface area contributed by atoms with Crippen molar-refractivity contribution in [1.29, 1.82) is 0 Å². The van der Waals surface area contributed by atoms with Crippen LogP contribution in [0.15, 0.2) is 36.4 Å². The number of halogens is 1. The van der Waals surface area contributed by atoms with Crippen molar-refractivity contribution in [3.05, 3.63) is 60.2 Å². The maximum absolute atomic E-state index is 11.3. The zero-order valence-corrected chi connectivity index (χ0v) is 14.3. The summed E-state index contributed by atoms with van der Waals surface area (Å²) in [5.41, 5.74) is 3.34. The number of ether oxygens (including phenoxy) is 1. The normalized spacial score (nSPS) is 10.4. The monoisotopic (exact) mass is 381 g/mol. The lowest BCUT2D eigenvalue weighted by atomic mass is 10.1. The third-order valence-electron chi connectivity index (χ3n) is 3.10. The van der Waals surface area contributed by atoms with Gasteiger partial charge in [-0.1, -0.05) is 0 Å². The van der Waals surface area contributed by atoms with E-state index in [0.29, 0.717) is 0 Å². The van der Waals surface area contributed by atoms with E-state index in [4.69, 9.17) is 4.74 Å². The van der Waals surface area contributed by atoms with Gasteiger partial charge in [-0.05, 0) is 57.2 Å². The predicted molar refractivity (Wildman–Crippen MR) is 76.3 cm³/mol. The van der Waals surface area contributed by atoms with Gasteiger partial charge in [-0.25, -0.2) is 0 Å². The summed E-state index contributed by atoms with van der Waals surface area (Å²) in [5, 5.41) is 0. The van der Waals surface area contributed by atoms with Crippen molar-refractivity contribution in [2.75, 3.05) is 7.11 Å². The lowest BCUT2D eigenvalue weighted by molar-refractivity contribution is -0.598. The Labute approximate surface area is 130 Å². The fourth-order valence-corrected chi connectivity index (χ4v) is 4.53. The molecule has 20 heavy (non-hydrogen) atoms. The molecule has 2 rings (SSSR count). The molecule has 0 aliphatic carbocycles. The SMILES string of the molecule is COc1cc(C)c([I+]c2ccc(C(C)=O)cc2)c(C)c1. The van der Waals surface area contributed by atoms with Crippen molar-refractivity contribution in [3.63, 3.8) is 0 Å². The molecular weight excluding hydrogens is 363 g/mol. The van der Waals surface area contributed by atoms with Crippen molar-refractivity contribution < 1.29 is 30.7 Å². The third-order valence-corrected chi connectivity index (χ3v) is 6.68. The van der Waals surface area contributed by atoms with Crippen LogP contribution in [-0.2, 0) is 0 Å². The molecule has 0 bridgehead atoms. The van der Waals surface area contributed by atoms with Gasteiger partial charge in [0, 0.05) is 16.7 Å². The Kier molecular flexibility index (Phi) is 4.81. The van der Waals surface area contributed by atoms with Gasteiger partial charge in [0.2, 0.25) is 0 Å². The Bertz CT molecular complexity index is 607. The molecule has 0 saturated carbocycles. The summed E-state index contributed by atoms with van der Waals surface area (Å²) in [6.07, 6.45) is 0. The van der Waals surface area contributed by atoms with Crippen LogP contribution in [0.2, 0.25) is 0 Å². The Morgan fingerprint density at radius 3 is 2.05 bits per heavy atom. The van der Waals surface area contributed by atoms with Gasteiger partial charge in [-0.3, -0.25) is 4.79 Å². The average Bonchev–Trinajstić information content (AvgIpc) is 2.43. The van der Waals surface area contributed by atoms with Crippen molar-refractivity contribution in [1.82, 2.24) is 0 Å². The van der Waals surface area contributed by atoms with Crippen molar-refractivity contribution in [2.45, 2.75) is 20.8 Å². The molecule has 0 amide bonds. The summed E-state index contributed by atoms with van der Waals surface area (Å²) in [7, 11) is 1.70. The fraction of sp³-hybridized carbons (Fsp3) is 0.235. The molecule has 0 aliphatic rings. The number of aryl methyl sites for hydroxylation is 2. The molecule has 2 nitrogen and oxygen atoms in total. The van der Waals surface area contributed by atoms with Crippen molar-refractivity contribution in [2.24, 2.45) is 0 Å². The van der Waals surface area contributed by atoms with Gasteiger partial charge in [0.15, 0.2) is 12.9 Å². The number of carbonyl (C=O) groups excluding carboxylic acids is 1. The van der Waals surface area contributed by atoms with Gasteiger partial charge in [0.1, 0.15) is 5.75 Å². The number of Topliss-reactive ketones (excluding diaryl/α,β-unsaturated/α-hetero) is 1. The number of hydrogen-bond acceptors (Lipinski definition) is 2. The predicted octanol–water partition coefficient (Wildman–Crippen LogP) is 0.643. The van der Waals surface area contributed by atoms with Gasteiger partial charge >= 0.3 is 21.2 Å². The van der Waals surface area contributed by atoms with Gasteiger partial charge in [-0.15, -0.1) is 0 Å². The zero-order valence-electron chi connectivity index (χ0n) is 12.2. The smallest absolute Gasteiger partial charge is 0.358 e. The van der Waals surface area contributed by atoms with Crippen LogP contribution in [0.5, 0.6) is 5.75 Å². The van der Waals surface area contributed by atoms with Crippen LogP contribution in [0.1, 0.15) is 28.4 Å². The summed E-state index contributed by atoms with van der Waals surface area (Å²) in [6, 6.07) is 12.2. The Balaban J connectivity index is 2.28. The van der Waals surface area contributed by atoms with E-state index in [-0.39, 0.29) is 27.0 Å². The highest BCUT2D eigenvalue weighted by molar-refractivity contribution is 5.93. The molecule has 0 spiro atoms. The van der Waals surface area contributed by atoms with Crippen LogP contribution >= 0.6 is 0 Å². The Morgan fingerprint density at radius 1 is 1.05 bits per heavy atom. The van der Waals surface area contributed by atoms with Crippen LogP contribution in [0.3, 0.4) is 0 Å². The van der Waals surface area contributed by atoms with E-state index in [2.05, 4.69) is 38.1 Å². The minimum Gasteiger partial charge on any atom is -0.497 e. The van der Waals surface area contributed by atoms with Crippen molar-refractivity contribution in [3.8, 4) is 5.75 Å². The minimum atomic E-state index is -0.232. The van der Waals surface area contributed by atoms with E-state index >= 15 is 0 Å². The second kappa shape index (κ2) is 6.39. The summed E-state index contributed by atoms with van der Waals surface area (Å²) in [5.74, 6) is 1.03. The van der Waals surface area contributed by atoms with E-state index in [0.717, 1.165) is 11.3 Å². The van der Waals surface area contributed by atoms with Gasteiger partial charge in [-0.2, -0.15) is 0 Å². The first-order valence-corrected chi connectivity index (χ1v) is 8.58. The van der Waals surface area contributed by atoms with Gasteiger partial charge in [0.05, 0.1) is 7.11 Å². The third kappa shape index (κ3) is 3.39. The maximum Gasteiger partial charge on any atom is 0.358 e. The maximum atomic E-state index is 11.3. The second-order valence-corrected chi connectivity index (χ2v) is 7.60. The molecule has 0 radical (unpaired) electrons. The first-order chi connectivity index (χ1) is 9.51. The molecule has 0 aromatic heterocycles. The summed E-state index contributed by atoms with van der Waals surface area (Å²) in [6.45, 7) is 5.87. The number of rotatable bonds is 4. The highest BCUT2D eigenvalue weighted by atomic mass is 127. The Morgan fingerprint density at radius 2 is 1.60 bits per heavy atom. The van der Waals surface area contributed by atoms with E-state index < -0.39 is 0 Å². The van der Waals surface area contributed by atoms with Crippen LogP contribution in [0.25, 0.3) is 0 Å². The highest BCUT2D eigenvalue weighted by Gasteiger charge is 2.22. The molecule has 3 heteroatoms. The molecule has 0 heterocycles. The molecule has 104 valence electrons. The topological polar surface area (TPSA) is 26.3 Å². The number of benzene rings is 2. The number of carbonyl (C=O) groups is 1. The van der Waals surface area contributed by atoms with E-state index in [9.17, 15) is 4.79 Å². The molecule has 0 saturated heterocycles. The zero-order chi connectivity index (χ0) is 14.7. The molecule has 2 aromatic carbocycles. The minimum absolute atomic E-state index is 0.117. The van der Waals surface area contributed by atoms with E-state index in [1.54, 1.807) is 14.0 Å². The van der Waals surface area contributed by atoms with Crippen LogP contribution < -0.4 is 25.9 Å². The summed E-state index contributed by atoms with van der Waals surface area (Å²) in [4.78, 5) is 11.3. The lowest BCUT2D eigenvalue weighted by Gasteiger charge is -2.04. The fourth-order valence-electron chi connectivity index (χ4n) is 2.03. The largest absolute Gasteiger partial charge is 0.497 e. The average molecular weight is 381 g/mol. The van der Waals surface area contributed by atoms with Gasteiger partial charge in [0.25, 0.3) is 0 Å². The molecular formula is C17H18IO2+. The standard InChI is InChI=1S/C17H18IO2/c1-11-9-16(20-4)10-12(2)17(11)18-15-7-5-14(6-8-15)13(3)19/h5-10H,1-4H3/q+1. The Hall–Kier alpha value is -1.36. The first kappa shape index (κ1) is 15.0. The van der Waals surface area contributed by atoms with Crippen LogP contribution in [0, 0.1) is 21.0 Å². The molecule has 2 aromatic rings. The van der Waals surface area contributed by atoms with Gasteiger partial charge < -0.3 is 4.74 Å². The number of ketones is 1. The molecule has 0 unspecified atom stereocenters. The lowest BCUT2D eigenvalue weighted by Crippen LogP contribution is -3.62. The summed E-state index contributed by atoms with van der Waals surface area (Å²) >= 11 is -0.232. The molecule has 0 fully saturated rings. The number of methoxy groups -OCH3 is 1. The second-order valence-electron chi connectivity index (χ2n) is 4.73. The molecule has 0 N–H and O–H groups in total. The number of hydrogen-bond donors (Lipinski definition) is 0. The van der Waals surface area contributed by atoms with E-state index in [1.165, 1.54) is 18.3 Å². The quantitative estimate of drug-likeness (QED) is 0.574. The van der Waals surface area contributed by atoms with Crippen molar-refractivity contribution >= 4 is 5.78 Å².